The number of rotatable bonds is 2. The lowest BCUT2D eigenvalue weighted by atomic mass is 10.1. The molecule has 0 radical (unpaired) electrons. The summed E-state index contributed by atoms with van der Waals surface area (Å²) < 4.78 is 2.85. The van der Waals surface area contributed by atoms with Crippen molar-refractivity contribution in [2.75, 3.05) is 44.2 Å². The van der Waals surface area contributed by atoms with Crippen molar-refractivity contribution in [3.05, 3.63) is 22.8 Å². The lowest BCUT2D eigenvalue weighted by Gasteiger charge is -2.46. The fourth-order valence-electron chi connectivity index (χ4n) is 2.88. The highest BCUT2D eigenvalue weighted by molar-refractivity contribution is 9.10. The highest BCUT2D eigenvalue weighted by Crippen LogP contribution is 2.22. The Hall–Kier alpha value is -1.18. The smallest absolute Gasteiger partial charge is 0.245 e. The highest BCUT2D eigenvalue weighted by atomic mass is 79.9. The SMILES string of the molecule is Brc1ccc2nc(N3CC(N4CCNCC4)C3)nn2c1. The summed E-state index contributed by atoms with van der Waals surface area (Å²) in [5, 5.41) is 7.94. The van der Waals surface area contributed by atoms with E-state index in [1.807, 2.05) is 22.8 Å². The lowest BCUT2D eigenvalue weighted by Crippen LogP contribution is -2.63. The summed E-state index contributed by atoms with van der Waals surface area (Å²) in [7, 11) is 0. The van der Waals surface area contributed by atoms with Crippen LogP contribution in [0.15, 0.2) is 22.8 Å². The number of hydrogen-bond acceptors (Lipinski definition) is 5. The standard InChI is InChI=1S/C13H17BrN6/c14-10-1-2-12-16-13(17-20(12)7-10)19-8-11(9-19)18-5-3-15-4-6-18/h1-2,7,11,15H,3-6,8-9H2. The molecule has 2 aliphatic rings. The average molecular weight is 337 g/mol. The normalized spacial score (nSPS) is 21.4. The van der Waals surface area contributed by atoms with Gasteiger partial charge in [0.05, 0.1) is 0 Å². The molecule has 7 heteroatoms. The van der Waals surface area contributed by atoms with Crippen LogP contribution in [0.1, 0.15) is 0 Å². The van der Waals surface area contributed by atoms with Gasteiger partial charge < -0.3 is 10.2 Å². The van der Waals surface area contributed by atoms with Gasteiger partial charge in [0.25, 0.3) is 0 Å². The zero-order valence-corrected chi connectivity index (χ0v) is 12.8. The molecule has 4 heterocycles. The Morgan fingerprint density at radius 3 is 2.80 bits per heavy atom. The number of hydrogen-bond donors (Lipinski definition) is 1. The molecule has 0 amide bonds. The van der Waals surface area contributed by atoms with Crippen molar-refractivity contribution in [2.45, 2.75) is 6.04 Å². The molecule has 20 heavy (non-hydrogen) atoms. The van der Waals surface area contributed by atoms with Gasteiger partial charge in [-0.05, 0) is 28.1 Å². The van der Waals surface area contributed by atoms with E-state index in [9.17, 15) is 0 Å². The van der Waals surface area contributed by atoms with E-state index in [-0.39, 0.29) is 0 Å². The van der Waals surface area contributed by atoms with Gasteiger partial charge in [0.15, 0.2) is 5.65 Å². The quantitative estimate of drug-likeness (QED) is 0.869. The molecule has 0 aromatic carbocycles. The molecule has 106 valence electrons. The Morgan fingerprint density at radius 2 is 2.00 bits per heavy atom. The summed E-state index contributed by atoms with van der Waals surface area (Å²) in [6.07, 6.45) is 1.94. The zero-order chi connectivity index (χ0) is 13.5. The third-order valence-electron chi connectivity index (χ3n) is 4.10. The fourth-order valence-corrected chi connectivity index (χ4v) is 3.20. The first kappa shape index (κ1) is 12.6. The Morgan fingerprint density at radius 1 is 1.20 bits per heavy atom. The number of nitrogens with zero attached hydrogens (tertiary/aromatic N) is 5. The molecule has 2 aromatic heterocycles. The number of anilines is 1. The van der Waals surface area contributed by atoms with Gasteiger partial charge in [-0.2, -0.15) is 4.98 Å². The van der Waals surface area contributed by atoms with Crippen molar-refractivity contribution in [2.24, 2.45) is 0 Å². The monoisotopic (exact) mass is 336 g/mol. The maximum absolute atomic E-state index is 4.58. The first-order valence-corrected chi connectivity index (χ1v) is 7.80. The second-order valence-electron chi connectivity index (χ2n) is 5.41. The lowest BCUT2D eigenvalue weighted by molar-refractivity contribution is 0.146. The van der Waals surface area contributed by atoms with E-state index in [1.165, 1.54) is 0 Å². The topological polar surface area (TPSA) is 48.7 Å². The minimum Gasteiger partial charge on any atom is -0.336 e. The molecular weight excluding hydrogens is 320 g/mol. The molecule has 0 saturated carbocycles. The molecular formula is C13H17BrN6. The Kier molecular flexibility index (Phi) is 3.13. The molecule has 1 N–H and O–H groups in total. The summed E-state index contributed by atoms with van der Waals surface area (Å²) in [4.78, 5) is 9.41. The van der Waals surface area contributed by atoms with Gasteiger partial charge in [-0.1, -0.05) is 0 Å². The molecule has 0 unspecified atom stereocenters. The summed E-state index contributed by atoms with van der Waals surface area (Å²) in [5.41, 5.74) is 0.897. The number of nitrogens with one attached hydrogen (secondary N) is 1. The van der Waals surface area contributed by atoms with Crippen molar-refractivity contribution < 1.29 is 0 Å². The minimum atomic E-state index is 0.662. The molecule has 0 spiro atoms. The van der Waals surface area contributed by atoms with Crippen molar-refractivity contribution in [1.82, 2.24) is 24.8 Å². The molecule has 0 atom stereocenters. The Balaban J connectivity index is 1.46. The van der Waals surface area contributed by atoms with Crippen molar-refractivity contribution in [1.29, 1.82) is 0 Å². The molecule has 2 aliphatic heterocycles. The molecule has 2 saturated heterocycles. The van der Waals surface area contributed by atoms with E-state index >= 15 is 0 Å². The molecule has 6 nitrogen and oxygen atoms in total. The number of pyridine rings is 1. The summed E-state index contributed by atoms with van der Waals surface area (Å²) >= 11 is 3.46. The van der Waals surface area contributed by atoms with E-state index in [0.717, 1.165) is 55.3 Å². The first-order valence-electron chi connectivity index (χ1n) is 7.01. The Bertz CT molecular complexity index is 614. The summed E-state index contributed by atoms with van der Waals surface area (Å²) in [5.74, 6) is 0.842. The van der Waals surface area contributed by atoms with Gasteiger partial charge in [0.1, 0.15) is 0 Å². The molecule has 0 bridgehead atoms. The third-order valence-corrected chi connectivity index (χ3v) is 4.57. The molecule has 2 fully saturated rings. The van der Waals surface area contributed by atoms with Crippen molar-refractivity contribution >= 4 is 27.5 Å². The predicted octanol–water partition coefficient (Wildman–Crippen LogP) is 0.586. The van der Waals surface area contributed by atoms with Crippen LogP contribution in [0.3, 0.4) is 0 Å². The highest BCUT2D eigenvalue weighted by Gasteiger charge is 2.34. The average Bonchev–Trinajstić information content (AvgIpc) is 2.80. The second-order valence-corrected chi connectivity index (χ2v) is 6.32. The van der Waals surface area contributed by atoms with E-state index in [1.54, 1.807) is 0 Å². The third kappa shape index (κ3) is 2.19. The molecule has 2 aromatic rings. The van der Waals surface area contributed by atoms with E-state index in [0.29, 0.717) is 6.04 Å². The van der Waals surface area contributed by atoms with Gasteiger partial charge in [-0.15, -0.1) is 5.10 Å². The summed E-state index contributed by atoms with van der Waals surface area (Å²) in [6, 6.07) is 4.64. The molecule has 4 rings (SSSR count). The number of halogens is 1. The maximum atomic E-state index is 4.58. The van der Waals surface area contributed by atoms with Crippen LogP contribution >= 0.6 is 15.9 Å². The van der Waals surface area contributed by atoms with Gasteiger partial charge in [0.2, 0.25) is 5.95 Å². The number of aromatic nitrogens is 3. The van der Waals surface area contributed by atoms with Crippen LogP contribution in [-0.2, 0) is 0 Å². The second kappa shape index (κ2) is 4.98. The largest absolute Gasteiger partial charge is 0.336 e. The van der Waals surface area contributed by atoms with Crippen LogP contribution in [0.25, 0.3) is 5.65 Å². The van der Waals surface area contributed by atoms with E-state index < -0.39 is 0 Å². The van der Waals surface area contributed by atoms with Crippen LogP contribution in [0.4, 0.5) is 5.95 Å². The summed E-state index contributed by atoms with van der Waals surface area (Å²) in [6.45, 7) is 6.61. The van der Waals surface area contributed by atoms with E-state index in [2.05, 4.69) is 41.1 Å². The van der Waals surface area contributed by atoms with Gasteiger partial charge >= 0.3 is 0 Å². The van der Waals surface area contributed by atoms with Crippen LogP contribution in [0, 0.1) is 0 Å². The van der Waals surface area contributed by atoms with Crippen molar-refractivity contribution in [3.8, 4) is 0 Å². The predicted molar refractivity (Wildman–Crippen MR) is 81.1 cm³/mol. The minimum absolute atomic E-state index is 0.662. The van der Waals surface area contributed by atoms with Crippen LogP contribution in [0.5, 0.6) is 0 Å². The van der Waals surface area contributed by atoms with E-state index in [4.69, 9.17) is 0 Å². The van der Waals surface area contributed by atoms with Crippen LogP contribution in [-0.4, -0.2) is 64.8 Å². The van der Waals surface area contributed by atoms with Gasteiger partial charge in [-0.25, -0.2) is 4.52 Å². The van der Waals surface area contributed by atoms with Crippen LogP contribution in [0.2, 0.25) is 0 Å². The first-order chi connectivity index (χ1) is 9.79. The fraction of sp³-hybridized carbons (Fsp3) is 0.538. The van der Waals surface area contributed by atoms with Crippen molar-refractivity contribution in [3.63, 3.8) is 0 Å². The van der Waals surface area contributed by atoms with Gasteiger partial charge in [0, 0.05) is 56.0 Å². The van der Waals surface area contributed by atoms with Crippen LogP contribution < -0.4 is 10.2 Å². The Labute approximate surface area is 125 Å². The zero-order valence-electron chi connectivity index (χ0n) is 11.2. The maximum Gasteiger partial charge on any atom is 0.245 e. The molecule has 0 aliphatic carbocycles. The number of piperazine rings is 1. The van der Waals surface area contributed by atoms with Gasteiger partial charge in [-0.3, -0.25) is 4.90 Å². The number of fused-ring (bicyclic) bond motifs is 1.